The van der Waals surface area contributed by atoms with Crippen LogP contribution in [0.2, 0.25) is 0 Å². The van der Waals surface area contributed by atoms with Gasteiger partial charge in [0.15, 0.2) is 0 Å². The molecule has 3 nitrogen and oxygen atoms in total. The van der Waals surface area contributed by atoms with Crippen molar-refractivity contribution in [2.45, 2.75) is 13.3 Å². The predicted molar refractivity (Wildman–Crippen MR) is 61.8 cm³/mol. The first-order valence-electron chi connectivity index (χ1n) is 5.27. The molecule has 0 spiro atoms. The maximum atomic E-state index is 11.4. The Morgan fingerprint density at radius 2 is 2.00 bits per heavy atom. The second-order valence-corrected chi connectivity index (χ2v) is 3.48. The van der Waals surface area contributed by atoms with Crippen molar-refractivity contribution in [1.82, 2.24) is 10.2 Å². The highest BCUT2D eigenvalue weighted by atomic mass is 16.2. The molecule has 2 amide bonds. The largest absolute Gasteiger partial charge is 0.338 e. The van der Waals surface area contributed by atoms with Crippen LogP contribution in [0, 0.1) is 0 Å². The first-order valence-corrected chi connectivity index (χ1v) is 5.27. The zero-order chi connectivity index (χ0) is 11.1. The Bertz CT molecular complexity index is 298. The van der Waals surface area contributed by atoms with Crippen molar-refractivity contribution in [3.63, 3.8) is 0 Å². The summed E-state index contributed by atoms with van der Waals surface area (Å²) < 4.78 is 0. The van der Waals surface area contributed by atoms with Crippen molar-refractivity contribution in [2.75, 3.05) is 20.1 Å². The minimum atomic E-state index is -0.00608. The van der Waals surface area contributed by atoms with E-state index in [1.807, 2.05) is 25.1 Å². The molecule has 0 fully saturated rings. The Kier molecular flexibility index (Phi) is 4.68. The standard InChI is InChI=1S/C12H18N2O/c1-3-14(2)12(15)13-10-9-11-7-5-4-6-8-11/h4-8H,3,9-10H2,1-2H3,(H,13,15). The molecule has 3 heteroatoms. The van der Waals surface area contributed by atoms with Crippen molar-refractivity contribution >= 4 is 6.03 Å². The zero-order valence-corrected chi connectivity index (χ0v) is 9.36. The summed E-state index contributed by atoms with van der Waals surface area (Å²) in [5, 5.41) is 2.87. The van der Waals surface area contributed by atoms with Gasteiger partial charge in [-0.05, 0) is 18.9 Å². The fourth-order valence-electron chi connectivity index (χ4n) is 1.24. The van der Waals surface area contributed by atoms with Gasteiger partial charge >= 0.3 is 6.03 Å². The monoisotopic (exact) mass is 206 g/mol. The van der Waals surface area contributed by atoms with Crippen molar-refractivity contribution in [3.05, 3.63) is 35.9 Å². The molecular weight excluding hydrogens is 188 g/mol. The SMILES string of the molecule is CCN(C)C(=O)NCCc1ccccc1. The van der Waals surface area contributed by atoms with Crippen LogP contribution in [0.25, 0.3) is 0 Å². The number of carbonyl (C=O) groups excluding carboxylic acids is 1. The maximum Gasteiger partial charge on any atom is 0.317 e. The van der Waals surface area contributed by atoms with Crippen molar-refractivity contribution in [2.24, 2.45) is 0 Å². The summed E-state index contributed by atoms with van der Waals surface area (Å²) in [6.45, 7) is 3.38. The van der Waals surface area contributed by atoms with Crippen LogP contribution in [0.4, 0.5) is 4.79 Å². The highest BCUT2D eigenvalue weighted by Gasteiger charge is 2.03. The number of amides is 2. The molecule has 0 aliphatic rings. The van der Waals surface area contributed by atoms with E-state index in [1.54, 1.807) is 11.9 Å². The third kappa shape index (κ3) is 4.02. The number of benzene rings is 1. The van der Waals surface area contributed by atoms with E-state index in [-0.39, 0.29) is 6.03 Å². The van der Waals surface area contributed by atoms with Gasteiger partial charge in [0.2, 0.25) is 0 Å². The van der Waals surface area contributed by atoms with E-state index < -0.39 is 0 Å². The van der Waals surface area contributed by atoms with Gasteiger partial charge < -0.3 is 10.2 Å². The number of hydrogen-bond acceptors (Lipinski definition) is 1. The Hall–Kier alpha value is -1.51. The van der Waals surface area contributed by atoms with Crippen molar-refractivity contribution in [3.8, 4) is 0 Å². The molecule has 0 bridgehead atoms. The van der Waals surface area contributed by atoms with Crippen LogP contribution in [-0.4, -0.2) is 31.1 Å². The number of urea groups is 1. The second-order valence-electron chi connectivity index (χ2n) is 3.48. The average molecular weight is 206 g/mol. The molecule has 0 radical (unpaired) electrons. The van der Waals surface area contributed by atoms with Crippen molar-refractivity contribution < 1.29 is 4.79 Å². The van der Waals surface area contributed by atoms with Gasteiger partial charge in [0, 0.05) is 20.1 Å². The van der Waals surface area contributed by atoms with Crippen LogP contribution in [0.5, 0.6) is 0 Å². The highest BCUT2D eigenvalue weighted by molar-refractivity contribution is 5.73. The van der Waals surface area contributed by atoms with Gasteiger partial charge in [-0.15, -0.1) is 0 Å². The van der Waals surface area contributed by atoms with E-state index in [0.29, 0.717) is 6.54 Å². The van der Waals surface area contributed by atoms with E-state index in [0.717, 1.165) is 13.0 Å². The molecule has 0 aliphatic carbocycles. The number of carbonyl (C=O) groups is 1. The van der Waals surface area contributed by atoms with Crippen molar-refractivity contribution in [1.29, 1.82) is 0 Å². The number of rotatable bonds is 4. The summed E-state index contributed by atoms with van der Waals surface area (Å²) in [6, 6.07) is 10.1. The van der Waals surface area contributed by atoms with E-state index in [1.165, 1.54) is 5.56 Å². The molecule has 1 aromatic rings. The first-order chi connectivity index (χ1) is 7.24. The van der Waals surface area contributed by atoms with E-state index >= 15 is 0 Å². The third-order valence-corrected chi connectivity index (χ3v) is 2.35. The summed E-state index contributed by atoms with van der Waals surface area (Å²) in [6.07, 6.45) is 0.879. The molecular formula is C12H18N2O. The minimum absolute atomic E-state index is 0.00608. The first kappa shape index (κ1) is 11.6. The third-order valence-electron chi connectivity index (χ3n) is 2.35. The smallest absolute Gasteiger partial charge is 0.317 e. The normalized spacial score (nSPS) is 9.73. The number of nitrogens with zero attached hydrogens (tertiary/aromatic N) is 1. The second kappa shape index (κ2) is 6.06. The van der Waals surface area contributed by atoms with Crippen LogP contribution in [0.15, 0.2) is 30.3 Å². The van der Waals surface area contributed by atoms with Gasteiger partial charge in [-0.25, -0.2) is 4.79 Å². The molecule has 0 aliphatic heterocycles. The molecule has 0 atom stereocenters. The van der Waals surface area contributed by atoms with Gasteiger partial charge in [0.25, 0.3) is 0 Å². The summed E-state index contributed by atoms with van der Waals surface area (Å²) in [4.78, 5) is 13.0. The lowest BCUT2D eigenvalue weighted by molar-refractivity contribution is 0.211. The lowest BCUT2D eigenvalue weighted by Gasteiger charge is -2.15. The van der Waals surface area contributed by atoms with Crippen LogP contribution in [-0.2, 0) is 6.42 Å². The van der Waals surface area contributed by atoms with Gasteiger partial charge in [0.05, 0.1) is 0 Å². The van der Waals surface area contributed by atoms with E-state index in [4.69, 9.17) is 0 Å². The Morgan fingerprint density at radius 3 is 2.60 bits per heavy atom. The number of nitrogens with one attached hydrogen (secondary N) is 1. The molecule has 1 N–H and O–H groups in total. The fraction of sp³-hybridized carbons (Fsp3) is 0.417. The van der Waals surface area contributed by atoms with Gasteiger partial charge in [-0.2, -0.15) is 0 Å². The molecule has 0 unspecified atom stereocenters. The summed E-state index contributed by atoms with van der Waals surface area (Å²) in [7, 11) is 1.79. The van der Waals surface area contributed by atoms with E-state index in [2.05, 4.69) is 17.4 Å². The summed E-state index contributed by atoms with van der Waals surface area (Å²) >= 11 is 0. The molecule has 0 aromatic heterocycles. The lowest BCUT2D eigenvalue weighted by Crippen LogP contribution is -2.37. The highest BCUT2D eigenvalue weighted by Crippen LogP contribution is 1.98. The van der Waals surface area contributed by atoms with Crippen LogP contribution >= 0.6 is 0 Å². The molecule has 1 aromatic carbocycles. The summed E-state index contributed by atoms with van der Waals surface area (Å²) in [5.74, 6) is 0. The topological polar surface area (TPSA) is 32.3 Å². The zero-order valence-electron chi connectivity index (χ0n) is 9.36. The molecule has 15 heavy (non-hydrogen) atoms. The van der Waals surface area contributed by atoms with Crippen LogP contribution in [0.3, 0.4) is 0 Å². The fourth-order valence-corrected chi connectivity index (χ4v) is 1.24. The quantitative estimate of drug-likeness (QED) is 0.801. The van der Waals surface area contributed by atoms with Gasteiger partial charge in [-0.3, -0.25) is 0 Å². The van der Waals surface area contributed by atoms with Gasteiger partial charge in [-0.1, -0.05) is 30.3 Å². The van der Waals surface area contributed by atoms with Gasteiger partial charge in [0.1, 0.15) is 0 Å². The molecule has 0 saturated carbocycles. The van der Waals surface area contributed by atoms with Crippen LogP contribution in [0.1, 0.15) is 12.5 Å². The average Bonchev–Trinajstić information content (AvgIpc) is 2.29. The lowest BCUT2D eigenvalue weighted by atomic mass is 10.1. The van der Waals surface area contributed by atoms with E-state index in [9.17, 15) is 4.79 Å². The summed E-state index contributed by atoms with van der Waals surface area (Å²) in [5.41, 5.74) is 1.25. The van der Waals surface area contributed by atoms with Crippen LogP contribution < -0.4 is 5.32 Å². The molecule has 82 valence electrons. The Balaban J connectivity index is 2.25. The molecule has 1 rings (SSSR count). The molecule has 0 saturated heterocycles. The number of hydrogen-bond donors (Lipinski definition) is 1. The Morgan fingerprint density at radius 1 is 1.33 bits per heavy atom. The minimum Gasteiger partial charge on any atom is -0.338 e. The Labute approximate surface area is 91.1 Å². The predicted octanol–water partition coefficient (Wildman–Crippen LogP) is 1.89. The maximum absolute atomic E-state index is 11.4. The molecule has 0 heterocycles.